The van der Waals surface area contributed by atoms with E-state index in [0.29, 0.717) is 24.2 Å². The quantitative estimate of drug-likeness (QED) is 0.298. The number of rotatable bonds is 4. The van der Waals surface area contributed by atoms with E-state index in [2.05, 4.69) is 37.3 Å². The summed E-state index contributed by atoms with van der Waals surface area (Å²) >= 11 is 1.80. The minimum Gasteiger partial charge on any atom is -0.466 e. The number of anilines is 1. The van der Waals surface area contributed by atoms with E-state index in [4.69, 9.17) is 4.74 Å². The Hall–Kier alpha value is -3.76. The van der Waals surface area contributed by atoms with Crippen LogP contribution in [0.2, 0.25) is 0 Å². The summed E-state index contributed by atoms with van der Waals surface area (Å²) in [4.78, 5) is 17.8. The Balaban J connectivity index is 1.63. The number of benzene rings is 4. The van der Waals surface area contributed by atoms with Crippen LogP contribution in [0.25, 0.3) is 5.57 Å². The summed E-state index contributed by atoms with van der Waals surface area (Å²) in [5.41, 5.74) is 3.55. The molecule has 0 unspecified atom stereocenters. The van der Waals surface area contributed by atoms with E-state index >= 15 is 0 Å². The van der Waals surface area contributed by atoms with E-state index in [1.165, 1.54) is 0 Å². The van der Waals surface area contributed by atoms with Gasteiger partial charge in [-0.1, -0.05) is 110 Å². The van der Waals surface area contributed by atoms with Crippen molar-refractivity contribution >= 4 is 28.9 Å². The molecule has 0 fully saturated rings. The highest BCUT2D eigenvalue weighted by Crippen LogP contribution is 2.53. The van der Waals surface area contributed by atoms with Gasteiger partial charge in [-0.2, -0.15) is 0 Å². The lowest BCUT2D eigenvalue weighted by atomic mass is 9.89. The molecule has 0 spiro atoms. The molecular formula is C32H27NO2S. The summed E-state index contributed by atoms with van der Waals surface area (Å²) in [5.74, 6) is 0.693. The molecule has 36 heavy (non-hydrogen) atoms. The molecule has 0 radical (unpaired) electrons. The number of hydrogen-bond acceptors (Lipinski definition) is 3. The molecule has 2 aliphatic heterocycles. The van der Waals surface area contributed by atoms with Crippen LogP contribution in [-0.4, -0.2) is 11.2 Å². The summed E-state index contributed by atoms with van der Waals surface area (Å²) in [6, 6.07) is 38.6. The van der Waals surface area contributed by atoms with Gasteiger partial charge >= 0.3 is 0 Å². The number of allylic oxidation sites excluding steroid dienone is 1. The highest BCUT2D eigenvalue weighted by atomic mass is 32.2. The van der Waals surface area contributed by atoms with E-state index in [1.807, 2.05) is 89.8 Å². The maximum absolute atomic E-state index is 14.7. The average molecular weight is 490 g/mol. The lowest BCUT2D eigenvalue weighted by Gasteiger charge is -2.48. The molecule has 0 aromatic heterocycles. The van der Waals surface area contributed by atoms with Crippen LogP contribution in [0, 0.1) is 0 Å². The summed E-state index contributed by atoms with van der Waals surface area (Å²) in [6.07, 6.45) is 1.21. The van der Waals surface area contributed by atoms with Crippen molar-refractivity contribution < 1.29 is 9.53 Å². The van der Waals surface area contributed by atoms with Gasteiger partial charge < -0.3 is 4.74 Å². The normalized spacial score (nSPS) is 21.3. The second-order valence-corrected chi connectivity index (χ2v) is 10.8. The number of nitrogens with zero attached hydrogens (tertiary/aromatic N) is 1. The second-order valence-electron chi connectivity index (χ2n) is 9.32. The number of thioether (sulfide) groups is 1. The number of carbonyl (C=O) groups excluding carboxylic acids is 1. The van der Waals surface area contributed by atoms with E-state index in [1.54, 1.807) is 11.8 Å². The zero-order valence-electron chi connectivity index (χ0n) is 20.1. The van der Waals surface area contributed by atoms with Crippen LogP contribution >= 0.6 is 11.8 Å². The molecule has 4 aromatic rings. The topological polar surface area (TPSA) is 29.5 Å². The van der Waals surface area contributed by atoms with Gasteiger partial charge in [-0.25, -0.2) is 0 Å². The summed E-state index contributed by atoms with van der Waals surface area (Å²) in [5, 5.41) is 0.236. The zero-order valence-corrected chi connectivity index (χ0v) is 20.9. The van der Waals surface area contributed by atoms with Gasteiger partial charge in [-0.05, 0) is 23.3 Å². The molecule has 6 rings (SSSR count). The summed E-state index contributed by atoms with van der Waals surface area (Å²) < 4.78 is 7.18. The van der Waals surface area contributed by atoms with Gasteiger partial charge in [0.25, 0.3) is 5.91 Å². The number of amides is 1. The number of hydrogen-bond donors (Lipinski definition) is 0. The molecule has 0 saturated heterocycles. The van der Waals surface area contributed by atoms with Gasteiger partial charge in [0.15, 0.2) is 0 Å². The average Bonchev–Trinajstić information content (AvgIpc) is 3.04. The van der Waals surface area contributed by atoms with Crippen LogP contribution in [0.1, 0.15) is 30.0 Å². The Kier molecular flexibility index (Phi) is 5.90. The van der Waals surface area contributed by atoms with E-state index < -0.39 is 5.72 Å². The lowest BCUT2D eigenvalue weighted by molar-refractivity contribution is -0.123. The van der Waals surface area contributed by atoms with Crippen LogP contribution in [-0.2, 0) is 21.7 Å². The third-order valence-corrected chi connectivity index (χ3v) is 8.01. The molecule has 2 atom stereocenters. The monoisotopic (exact) mass is 489 g/mol. The minimum atomic E-state index is -0.945. The van der Waals surface area contributed by atoms with Crippen LogP contribution < -0.4 is 4.90 Å². The smallest absolute Gasteiger partial charge is 0.265 e. The van der Waals surface area contributed by atoms with Gasteiger partial charge in [0.05, 0.1) is 11.3 Å². The van der Waals surface area contributed by atoms with Crippen LogP contribution in [0.5, 0.6) is 0 Å². The predicted octanol–water partition coefficient (Wildman–Crippen LogP) is 7.44. The Morgan fingerprint density at radius 3 is 2.17 bits per heavy atom. The van der Waals surface area contributed by atoms with E-state index in [-0.39, 0.29) is 11.2 Å². The highest BCUT2D eigenvalue weighted by Gasteiger charge is 2.53. The molecule has 3 nitrogen and oxygen atoms in total. The van der Waals surface area contributed by atoms with Crippen LogP contribution in [0.4, 0.5) is 5.69 Å². The SMILES string of the molecule is C[C@@H]1C[C@]2(c3ccccc3)OC(Cc3ccccc3)=C(c3ccccc3)C(=O)N2c2ccccc2S1. The zero-order chi connectivity index (χ0) is 24.5. The molecule has 4 aromatic carbocycles. The minimum absolute atomic E-state index is 0.0237. The molecule has 0 aliphatic carbocycles. The van der Waals surface area contributed by atoms with Crippen LogP contribution in [0.15, 0.2) is 126 Å². The molecule has 0 N–H and O–H groups in total. The molecule has 178 valence electrons. The van der Waals surface area contributed by atoms with Crippen molar-refractivity contribution in [2.45, 2.75) is 35.6 Å². The van der Waals surface area contributed by atoms with Crippen molar-refractivity contribution in [3.63, 3.8) is 0 Å². The first kappa shape index (κ1) is 22.7. The largest absolute Gasteiger partial charge is 0.466 e. The fourth-order valence-electron chi connectivity index (χ4n) is 5.32. The number of ether oxygens (including phenoxy) is 1. The lowest BCUT2D eigenvalue weighted by Crippen LogP contribution is -2.55. The van der Waals surface area contributed by atoms with Gasteiger partial charge in [0.2, 0.25) is 5.72 Å². The van der Waals surface area contributed by atoms with Crippen molar-refractivity contribution in [3.8, 4) is 0 Å². The van der Waals surface area contributed by atoms with E-state index in [0.717, 1.165) is 27.3 Å². The Morgan fingerprint density at radius 2 is 1.44 bits per heavy atom. The van der Waals surface area contributed by atoms with Gasteiger partial charge in [-0.15, -0.1) is 11.8 Å². The first-order chi connectivity index (χ1) is 17.7. The molecule has 0 bridgehead atoms. The maximum atomic E-state index is 14.7. The standard InChI is InChI=1S/C32H27NO2S/c1-23-22-32(26-17-9-4-10-18-26)33(27-19-11-12-20-29(27)36-23)31(34)30(25-15-7-3-8-16-25)28(35-32)21-24-13-5-2-6-14-24/h2-20,23H,21-22H2,1H3/t23-,32-/m1/s1. The van der Waals surface area contributed by atoms with Crippen molar-refractivity contribution in [1.82, 2.24) is 0 Å². The van der Waals surface area contributed by atoms with Gasteiger partial charge in [0.1, 0.15) is 5.76 Å². The first-order valence-electron chi connectivity index (χ1n) is 12.3. The van der Waals surface area contributed by atoms with Crippen molar-refractivity contribution in [2.75, 3.05) is 4.90 Å². The summed E-state index contributed by atoms with van der Waals surface area (Å²) in [6.45, 7) is 2.22. The van der Waals surface area contributed by atoms with Crippen molar-refractivity contribution in [1.29, 1.82) is 0 Å². The first-order valence-corrected chi connectivity index (χ1v) is 13.2. The van der Waals surface area contributed by atoms with Gasteiger partial charge in [0, 0.05) is 28.6 Å². The molecule has 2 aliphatic rings. The maximum Gasteiger partial charge on any atom is 0.265 e. The highest BCUT2D eigenvalue weighted by molar-refractivity contribution is 8.00. The number of carbonyl (C=O) groups is 1. The predicted molar refractivity (Wildman–Crippen MR) is 147 cm³/mol. The molecule has 0 saturated carbocycles. The van der Waals surface area contributed by atoms with Crippen molar-refractivity contribution in [2.24, 2.45) is 0 Å². The fraction of sp³-hybridized carbons (Fsp3) is 0.156. The molecule has 2 heterocycles. The third-order valence-electron chi connectivity index (χ3n) is 6.84. The van der Waals surface area contributed by atoms with E-state index in [9.17, 15) is 4.79 Å². The molecule has 4 heteroatoms. The molecule has 1 amide bonds. The Morgan fingerprint density at radius 1 is 0.833 bits per heavy atom. The summed E-state index contributed by atoms with van der Waals surface area (Å²) in [7, 11) is 0. The fourth-order valence-corrected chi connectivity index (χ4v) is 6.50. The third kappa shape index (κ3) is 3.92. The second kappa shape index (κ2) is 9.36. The van der Waals surface area contributed by atoms with Crippen molar-refractivity contribution in [3.05, 3.63) is 138 Å². The molecular weight excluding hydrogens is 462 g/mol. The Bertz CT molecular complexity index is 1420. The van der Waals surface area contributed by atoms with Crippen LogP contribution in [0.3, 0.4) is 0 Å². The van der Waals surface area contributed by atoms with Gasteiger partial charge in [-0.3, -0.25) is 9.69 Å². The Labute approximate surface area is 216 Å². The number of fused-ring (bicyclic) bond motifs is 3. The number of para-hydroxylation sites is 1.